The monoisotopic (exact) mass is 227 g/mol. The first-order valence-electron chi connectivity index (χ1n) is 6.02. The molecular weight excluding hydrogens is 206 g/mol. The molecule has 1 amide bonds. The number of hydrogen-bond acceptors (Lipinski definition) is 2. The highest BCUT2D eigenvalue weighted by Crippen LogP contribution is 2.45. The van der Waals surface area contributed by atoms with Gasteiger partial charge in [0.05, 0.1) is 0 Å². The number of carboxylic acid groups (broad SMARTS) is 1. The summed E-state index contributed by atoms with van der Waals surface area (Å²) in [7, 11) is 0. The summed E-state index contributed by atoms with van der Waals surface area (Å²) < 4.78 is 0. The Labute approximate surface area is 96.6 Å². The molecule has 1 rings (SSSR count). The van der Waals surface area contributed by atoms with Gasteiger partial charge in [0.25, 0.3) is 0 Å². The fourth-order valence-corrected chi connectivity index (χ4v) is 2.56. The molecule has 4 heteroatoms. The molecule has 1 atom stereocenters. The van der Waals surface area contributed by atoms with E-state index in [9.17, 15) is 14.7 Å². The zero-order valence-electron chi connectivity index (χ0n) is 10.3. The van der Waals surface area contributed by atoms with Crippen molar-refractivity contribution >= 4 is 11.9 Å². The summed E-state index contributed by atoms with van der Waals surface area (Å²) in [6.07, 6.45) is 3.13. The predicted molar refractivity (Wildman–Crippen MR) is 61.1 cm³/mol. The second kappa shape index (κ2) is 4.85. The fraction of sp³-hybridized carbons (Fsp3) is 0.833. The Morgan fingerprint density at radius 1 is 1.38 bits per heavy atom. The zero-order valence-corrected chi connectivity index (χ0v) is 10.3. The van der Waals surface area contributed by atoms with Crippen LogP contribution in [0.2, 0.25) is 0 Å². The van der Waals surface area contributed by atoms with E-state index in [1.807, 2.05) is 13.8 Å². The summed E-state index contributed by atoms with van der Waals surface area (Å²) in [5, 5.41) is 9.49. The molecule has 0 aliphatic heterocycles. The molecule has 1 aliphatic rings. The van der Waals surface area contributed by atoms with E-state index in [4.69, 9.17) is 0 Å². The van der Waals surface area contributed by atoms with Gasteiger partial charge in [0.15, 0.2) is 0 Å². The second-order valence-electron chi connectivity index (χ2n) is 4.53. The van der Waals surface area contributed by atoms with Gasteiger partial charge in [-0.05, 0) is 31.6 Å². The summed E-state index contributed by atoms with van der Waals surface area (Å²) in [5.74, 6) is -0.829. The van der Waals surface area contributed by atoms with Crippen molar-refractivity contribution in [3.8, 4) is 0 Å². The highest BCUT2D eigenvalue weighted by atomic mass is 16.4. The number of nitrogens with zero attached hydrogens (tertiary/aromatic N) is 1. The third-order valence-corrected chi connectivity index (χ3v) is 3.47. The first kappa shape index (κ1) is 13.0. The van der Waals surface area contributed by atoms with E-state index in [0.29, 0.717) is 13.0 Å². The van der Waals surface area contributed by atoms with Gasteiger partial charge < -0.3 is 10.0 Å². The van der Waals surface area contributed by atoms with Crippen LogP contribution >= 0.6 is 0 Å². The van der Waals surface area contributed by atoms with E-state index in [-0.39, 0.29) is 11.8 Å². The summed E-state index contributed by atoms with van der Waals surface area (Å²) in [6.45, 7) is 5.82. The smallest absolute Gasteiger partial charge is 0.329 e. The molecule has 0 aromatic rings. The third-order valence-electron chi connectivity index (χ3n) is 3.47. The lowest BCUT2D eigenvalue weighted by molar-refractivity contribution is -0.161. The lowest BCUT2D eigenvalue weighted by Gasteiger charge is -2.40. The van der Waals surface area contributed by atoms with Crippen molar-refractivity contribution in [2.45, 2.75) is 52.0 Å². The van der Waals surface area contributed by atoms with E-state index < -0.39 is 11.5 Å². The van der Waals surface area contributed by atoms with Gasteiger partial charge in [0.1, 0.15) is 5.54 Å². The largest absolute Gasteiger partial charge is 0.479 e. The summed E-state index contributed by atoms with van der Waals surface area (Å²) >= 11 is 0. The molecule has 0 bridgehead atoms. The van der Waals surface area contributed by atoms with Crippen molar-refractivity contribution < 1.29 is 14.7 Å². The number of rotatable bonds is 6. The molecular formula is C12H21NO3. The van der Waals surface area contributed by atoms with E-state index in [1.54, 1.807) is 4.90 Å². The van der Waals surface area contributed by atoms with Gasteiger partial charge in [-0.3, -0.25) is 4.79 Å². The molecule has 1 aliphatic carbocycles. The molecule has 0 aromatic heterocycles. The van der Waals surface area contributed by atoms with Crippen molar-refractivity contribution in [1.29, 1.82) is 0 Å². The normalized spacial score (nSPS) is 18.9. The Bertz CT molecular complexity index is 286. The summed E-state index contributed by atoms with van der Waals surface area (Å²) in [6, 6.07) is 0. The van der Waals surface area contributed by atoms with Gasteiger partial charge >= 0.3 is 5.97 Å². The summed E-state index contributed by atoms with van der Waals surface area (Å²) in [5.41, 5.74) is -0.957. The van der Waals surface area contributed by atoms with Crippen LogP contribution in [-0.4, -0.2) is 34.0 Å². The van der Waals surface area contributed by atoms with Crippen LogP contribution in [0.3, 0.4) is 0 Å². The average Bonchev–Trinajstić information content (AvgIpc) is 3.01. The van der Waals surface area contributed by atoms with Crippen molar-refractivity contribution in [1.82, 2.24) is 4.90 Å². The molecule has 1 saturated carbocycles. The molecule has 92 valence electrons. The molecule has 0 heterocycles. The van der Waals surface area contributed by atoms with Crippen LogP contribution in [0.5, 0.6) is 0 Å². The Hall–Kier alpha value is -1.06. The minimum absolute atomic E-state index is 0.127. The van der Waals surface area contributed by atoms with E-state index >= 15 is 0 Å². The molecule has 0 saturated heterocycles. The van der Waals surface area contributed by atoms with Crippen LogP contribution < -0.4 is 0 Å². The first-order chi connectivity index (χ1) is 7.50. The maximum atomic E-state index is 11.6. The Balaban J connectivity index is 3.04. The van der Waals surface area contributed by atoms with Crippen LogP contribution in [0.1, 0.15) is 46.5 Å². The predicted octanol–water partition coefficient (Wildman–Crippen LogP) is 1.89. The quantitative estimate of drug-likeness (QED) is 0.753. The molecule has 4 nitrogen and oxygen atoms in total. The van der Waals surface area contributed by atoms with Gasteiger partial charge in [-0.1, -0.05) is 13.8 Å². The van der Waals surface area contributed by atoms with Gasteiger partial charge in [-0.25, -0.2) is 4.79 Å². The van der Waals surface area contributed by atoms with Crippen molar-refractivity contribution in [3.63, 3.8) is 0 Å². The average molecular weight is 227 g/mol. The van der Waals surface area contributed by atoms with Gasteiger partial charge in [0, 0.05) is 13.5 Å². The number of carbonyl (C=O) groups excluding carboxylic acids is 1. The van der Waals surface area contributed by atoms with E-state index in [0.717, 1.165) is 19.3 Å². The Morgan fingerprint density at radius 2 is 1.94 bits per heavy atom. The molecule has 0 aromatic carbocycles. The van der Waals surface area contributed by atoms with Gasteiger partial charge in [-0.2, -0.15) is 0 Å². The van der Waals surface area contributed by atoms with Gasteiger partial charge in [0.2, 0.25) is 5.91 Å². The van der Waals surface area contributed by atoms with Crippen molar-refractivity contribution in [2.24, 2.45) is 5.92 Å². The molecule has 0 spiro atoms. The minimum Gasteiger partial charge on any atom is -0.479 e. The third kappa shape index (κ3) is 2.06. The topological polar surface area (TPSA) is 57.6 Å². The lowest BCUT2D eigenvalue weighted by atomic mass is 9.87. The SMILES string of the molecule is CCCN(C(C)=O)C(CC)(C(=O)O)C1CC1. The highest BCUT2D eigenvalue weighted by Gasteiger charge is 2.54. The Morgan fingerprint density at radius 3 is 2.19 bits per heavy atom. The number of hydrogen-bond donors (Lipinski definition) is 1. The van der Waals surface area contributed by atoms with E-state index in [1.165, 1.54) is 6.92 Å². The molecule has 1 N–H and O–H groups in total. The number of carboxylic acids is 1. The van der Waals surface area contributed by atoms with Crippen LogP contribution in [0.25, 0.3) is 0 Å². The molecule has 1 unspecified atom stereocenters. The Kier molecular flexibility index (Phi) is 3.94. The van der Waals surface area contributed by atoms with Crippen molar-refractivity contribution in [2.75, 3.05) is 6.54 Å². The van der Waals surface area contributed by atoms with E-state index in [2.05, 4.69) is 0 Å². The highest BCUT2D eigenvalue weighted by molar-refractivity contribution is 5.86. The van der Waals surface area contributed by atoms with Gasteiger partial charge in [-0.15, -0.1) is 0 Å². The maximum Gasteiger partial charge on any atom is 0.329 e. The number of amides is 1. The fourth-order valence-electron chi connectivity index (χ4n) is 2.56. The van der Waals surface area contributed by atoms with Crippen molar-refractivity contribution in [3.05, 3.63) is 0 Å². The minimum atomic E-state index is -0.957. The van der Waals surface area contributed by atoms with Crippen LogP contribution in [0.15, 0.2) is 0 Å². The zero-order chi connectivity index (χ0) is 12.3. The molecule has 0 radical (unpaired) electrons. The lowest BCUT2D eigenvalue weighted by Crippen LogP contribution is -2.58. The number of carbonyl (C=O) groups is 2. The van der Waals surface area contributed by atoms with Crippen LogP contribution in [-0.2, 0) is 9.59 Å². The second-order valence-corrected chi connectivity index (χ2v) is 4.53. The standard InChI is InChI=1S/C12H21NO3/c1-4-8-13(9(3)14)12(5-2,11(15)16)10-6-7-10/h10H,4-8H2,1-3H3,(H,15,16). The first-order valence-corrected chi connectivity index (χ1v) is 6.02. The van der Waals surface area contributed by atoms with Crippen LogP contribution in [0.4, 0.5) is 0 Å². The number of aliphatic carboxylic acids is 1. The molecule has 16 heavy (non-hydrogen) atoms. The maximum absolute atomic E-state index is 11.6. The summed E-state index contributed by atoms with van der Waals surface area (Å²) in [4.78, 5) is 24.8. The molecule has 1 fully saturated rings. The van der Waals surface area contributed by atoms with Crippen LogP contribution in [0, 0.1) is 5.92 Å².